The highest BCUT2D eigenvalue weighted by molar-refractivity contribution is 7.70. The van der Waals surface area contributed by atoms with Gasteiger partial charge >= 0.3 is 19.9 Å². The molecule has 0 aliphatic carbocycles. The standard InChI is InChI=1S/C7H9F6O4P/c8-6(9,10)2-4(3-7(11,12)13)1-5(14)18(15,16)17/h4H,1-3H2,(H2,15,16,17). The summed E-state index contributed by atoms with van der Waals surface area (Å²) in [6, 6.07) is 0. The molecule has 0 saturated carbocycles. The predicted molar refractivity (Wildman–Crippen MR) is 46.5 cm³/mol. The van der Waals surface area contributed by atoms with Gasteiger partial charge in [-0.1, -0.05) is 0 Å². The monoisotopic (exact) mass is 302 g/mol. The third-order valence-electron chi connectivity index (χ3n) is 1.83. The minimum atomic E-state index is -5.32. The van der Waals surface area contributed by atoms with Crippen molar-refractivity contribution in [2.24, 2.45) is 5.92 Å². The zero-order chi connectivity index (χ0) is 14.8. The van der Waals surface area contributed by atoms with Crippen LogP contribution in [0.3, 0.4) is 0 Å². The van der Waals surface area contributed by atoms with Crippen molar-refractivity contribution in [3.8, 4) is 0 Å². The van der Waals surface area contributed by atoms with Gasteiger partial charge in [0.1, 0.15) is 0 Å². The summed E-state index contributed by atoms with van der Waals surface area (Å²) in [6.07, 6.45) is -15.2. The van der Waals surface area contributed by atoms with E-state index in [1.807, 2.05) is 0 Å². The Balaban J connectivity index is 4.79. The van der Waals surface area contributed by atoms with Crippen molar-refractivity contribution in [1.82, 2.24) is 0 Å². The lowest BCUT2D eigenvalue weighted by Crippen LogP contribution is -2.23. The molecule has 0 bridgehead atoms. The van der Waals surface area contributed by atoms with E-state index in [1.54, 1.807) is 0 Å². The lowest BCUT2D eigenvalue weighted by atomic mass is 9.97. The van der Waals surface area contributed by atoms with Crippen LogP contribution in [0, 0.1) is 5.92 Å². The first kappa shape index (κ1) is 17.4. The van der Waals surface area contributed by atoms with Gasteiger partial charge in [0.15, 0.2) is 0 Å². The van der Waals surface area contributed by atoms with Gasteiger partial charge < -0.3 is 9.79 Å². The van der Waals surface area contributed by atoms with Gasteiger partial charge in [-0.25, -0.2) is 0 Å². The molecule has 0 rings (SSSR count). The molecule has 0 saturated heterocycles. The van der Waals surface area contributed by atoms with Crippen LogP contribution in [-0.2, 0) is 9.36 Å². The first-order chi connectivity index (χ1) is 7.71. The van der Waals surface area contributed by atoms with E-state index < -0.39 is 50.7 Å². The Kier molecular flexibility index (Phi) is 5.39. The summed E-state index contributed by atoms with van der Waals surface area (Å²) in [7, 11) is -5.32. The first-order valence-corrected chi connectivity index (χ1v) is 6.04. The highest BCUT2D eigenvalue weighted by atomic mass is 31.2. The Labute approximate surface area is 97.1 Å². The first-order valence-electron chi connectivity index (χ1n) is 4.43. The van der Waals surface area contributed by atoms with E-state index in [9.17, 15) is 35.7 Å². The van der Waals surface area contributed by atoms with Gasteiger partial charge in [-0.2, -0.15) is 26.3 Å². The summed E-state index contributed by atoms with van der Waals surface area (Å²) >= 11 is 0. The third-order valence-corrected chi connectivity index (χ3v) is 2.66. The lowest BCUT2D eigenvalue weighted by molar-refractivity contribution is -0.173. The molecule has 0 aromatic carbocycles. The number of alkyl halides is 6. The lowest BCUT2D eigenvalue weighted by Gasteiger charge is -2.19. The van der Waals surface area contributed by atoms with E-state index in [0.717, 1.165) is 0 Å². The molecular weight excluding hydrogens is 293 g/mol. The van der Waals surface area contributed by atoms with Crippen LogP contribution in [-0.4, -0.2) is 27.7 Å². The van der Waals surface area contributed by atoms with Gasteiger partial charge in [0.05, 0.1) is 0 Å². The number of carbonyl (C=O) groups excluding carboxylic acids is 1. The fourth-order valence-electron chi connectivity index (χ4n) is 1.24. The van der Waals surface area contributed by atoms with Gasteiger partial charge in [-0.3, -0.25) is 9.36 Å². The molecule has 0 aliphatic heterocycles. The Morgan fingerprint density at radius 2 is 1.33 bits per heavy atom. The Bertz CT molecular complexity index is 327. The summed E-state index contributed by atoms with van der Waals surface area (Å²) in [5, 5.41) is 0. The maximum Gasteiger partial charge on any atom is 0.391 e. The SMILES string of the molecule is O=C(CC(CC(F)(F)F)CC(F)(F)F)P(=O)(O)O. The molecule has 0 aliphatic rings. The van der Waals surface area contributed by atoms with E-state index in [-0.39, 0.29) is 0 Å². The average molecular weight is 302 g/mol. The van der Waals surface area contributed by atoms with E-state index in [1.165, 1.54) is 0 Å². The second-order valence-corrected chi connectivity index (χ2v) is 5.23. The summed E-state index contributed by atoms with van der Waals surface area (Å²) in [4.78, 5) is 27.4. The van der Waals surface area contributed by atoms with Crippen molar-refractivity contribution >= 4 is 13.1 Å². The highest BCUT2D eigenvalue weighted by Crippen LogP contribution is 2.42. The smallest absolute Gasteiger partial charge is 0.319 e. The fourth-order valence-corrected chi connectivity index (χ4v) is 1.73. The molecule has 0 aromatic heterocycles. The van der Waals surface area contributed by atoms with Crippen molar-refractivity contribution in [3.63, 3.8) is 0 Å². The normalized spacial score (nSPS) is 14.1. The van der Waals surface area contributed by atoms with Crippen molar-refractivity contribution < 1.29 is 45.5 Å². The van der Waals surface area contributed by atoms with E-state index in [4.69, 9.17) is 9.79 Å². The molecule has 4 nitrogen and oxygen atoms in total. The zero-order valence-electron chi connectivity index (χ0n) is 8.62. The molecule has 0 heterocycles. The fraction of sp³-hybridized carbons (Fsp3) is 0.857. The number of rotatable bonds is 5. The molecular formula is C7H9F6O4P. The summed E-state index contributed by atoms with van der Waals surface area (Å²) in [5.41, 5.74) is -1.93. The molecule has 108 valence electrons. The molecule has 0 unspecified atom stereocenters. The van der Waals surface area contributed by atoms with Crippen LogP contribution in [0.4, 0.5) is 26.3 Å². The van der Waals surface area contributed by atoms with Gasteiger partial charge in [0, 0.05) is 19.3 Å². The minimum absolute atomic E-state index is 1.47. The van der Waals surface area contributed by atoms with Gasteiger partial charge in [-0.15, -0.1) is 0 Å². The summed E-state index contributed by atoms with van der Waals surface area (Å²) in [5.74, 6) is -2.23. The zero-order valence-corrected chi connectivity index (χ0v) is 9.52. The molecule has 0 radical (unpaired) electrons. The molecule has 0 aromatic rings. The van der Waals surface area contributed by atoms with Crippen LogP contribution in [0.1, 0.15) is 19.3 Å². The third kappa shape index (κ3) is 8.48. The van der Waals surface area contributed by atoms with Gasteiger partial charge in [-0.05, 0) is 5.92 Å². The topological polar surface area (TPSA) is 74.6 Å². The van der Waals surface area contributed by atoms with Crippen LogP contribution in [0.25, 0.3) is 0 Å². The van der Waals surface area contributed by atoms with E-state index in [0.29, 0.717) is 0 Å². The van der Waals surface area contributed by atoms with Gasteiger partial charge in [0.2, 0.25) is 5.52 Å². The largest absolute Gasteiger partial charge is 0.391 e. The highest BCUT2D eigenvalue weighted by Gasteiger charge is 2.41. The van der Waals surface area contributed by atoms with Crippen LogP contribution >= 0.6 is 7.60 Å². The maximum atomic E-state index is 12.0. The number of halogens is 6. The molecule has 0 amide bonds. The van der Waals surface area contributed by atoms with E-state index >= 15 is 0 Å². The van der Waals surface area contributed by atoms with Crippen LogP contribution in [0.5, 0.6) is 0 Å². The van der Waals surface area contributed by atoms with Crippen LogP contribution in [0.2, 0.25) is 0 Å². The summed E-state index contributed by atoms with van der Waals surface area (Å²) < 4.78 is 82.1. The Hall–Kier alpha value is -0.600. The maximum absolute atomic E-state index is 12.0. The van der Waals surface area contributed by atoms with Crippen molar-refractivity contribution in [1.29, 1.82) is 0 Å². The van der Waals surface area contributed by atoms with Crippen molar-refractivity contribution in [2.75, 3.05) is 0 Å². The van der Waals surface area contributed by atoms with Gasteiger partial charge in [0.25, 0.3) is 0 Å². The molecule has 0 spiro atoms. The second kappa shape index (κ2) is 5.58. The van der Waals surface area contributed by atoms with Crippen molar-refractivity contribution in [2.45, 2.75) is 31.6 Å². The van der Waals surface area contributed by atoms with Crippen LogP contribution in [0.15, 0.2) is 0 Å². The number of carbonyl (C=O) groups is 1. The van der Waals surface area contributed by atoms with Crippen molar-refractivity contribution in [3.05, 3.63) is 0 Å². The summed E-state index contributed by atoms with van der Waals surface area (Å²) in [6.45, 7) is 0. The molecule has 2 N–H and O–H groups in total. The van der Waals surface area contributed by atoms with Crippen LogP contribution < -0.4 is 0 Å². The quantitative estimate of drug-likeness (QED) is 0.604. The number of hydrogen-bond acceptors (Lipinski definition) is 2. The molecule has 0 fully saturated rings. The molecule has 0 atom stereocenters. The molecule has 18 heavy (non-hydrogen) atoms. The molecule has 11 heteroatoms. The van der Waals surface area contributed by atoms with E-state index in [2.05, 4.69) is 0 Å². The predicted octanol–water partition coefficient (Wildman–Crippen LogP) is 2.60. The minimum Gasteiger partial charge on any atom is -0.319 e. The average Bonchev–Trinajstić information content (AvgIpc) is 1.94. The Morgan fingerprint density at radius 1 is 1.00 bits per heavy atom. The second-order valence-electron chi connectivity index (χ2n) is 3.65. The Morgan fingerprint density at radius 3 is 1.56 bits per heavy atom. The number of hydrogen-bond donors (Lipinski definition) is 2.